The van der Waals surface area contributed by atoms with E-state index in [0.29, 0.717) is 0 Å². The Bertz CT molecular complexity index is 535. The summed E-state index contributed by atoms with van der Waals surface area (Å²) in [5.74, 6) is 0. The molecule has 0 aliphatic heterocycles. The van der Waals surface area contributed by atoms with Crippen molar-refractivity contribution < 1.29 is 0 Å². The average molecular weight is 259 g/mol. The lowest BCUT2D eigenvalue weighted by molar-refractivity contribution is 0.703. The highest BCUT2D eigenvalue weighted by Gasteiger charge is 2.07. The number of hydrogen-bond donors (Lipinski definition) is 2. The first-order chi connectivity index (χ1) is 8.56. The van der Waals surface area contributed by atoms with Gasteiger partial charge in [-0.05, 0) is 61.4 Å². The molecule has 0 aliphatic rings. The minimum Gasteiger partial charge on any atom is -0.399 e. The van der Waals surface area contributed by atoms with Crippen LogP contribution in [0.3, 0.4) is 0 Å². The fraction of sp³-hybridized carbons (Fsp3) is 0.143. The summed E-state index contributed by atoms with van der Waals surface area (Å²) in [6.07, 6.45) is 0. The van der Waals surface area contributed by atoms with E-state index >= 15 is 0 Å². The molecular formula is C14H17N3S. The summed E-state index contributed by atoms with van der Waals surface area (Å²) in [5, 5.41) is 0. The lowest BCUT2D eigenvalue weighted by atomic mass is 10.1. The SMILES string of the molecule is CN(C)Sc1cc(N)ccc1-c1ccc(N)cc1. The lowest BCUT2D eigenvalue weighted by Gasteiger charge is -2.14. The molecule has 4 heteroatoms. The Morgan fingerprint density at radius 1 is 0.889 bits per heavy atom. The molecule has 2 rings (SSSR count). The van der Waals surface area contributed by atoms with Crippen LogP contribution in [0, 0.1) is 0 Å². The van der Waals surface area contributed by atoms with Crippen molar-refractivity contribution in [2.45, 2.75) is 4.90 Å². The van der Waals surface area contributed by atoms with Crippen molar-refractivity contribution >= 4 is 23.3 Å². The van der Waals surface area contributed by atoms with Crippen molar-refractivity contribution in [1.82, 2.24) is 4.31 Å². The molecule has 94 valence electrons. The molecule has 0 radical (unpaired) electrons. The zero-order valence-electron chi connectivity index (χ0n) is 10.6. The highest BCUT2D eigenvalue weighted by molar-refractivity contribution is 7.97. The highest BCUT2D eigenvalue weighted by Crippen LogP contribution is 2.34. The van der Waals surface area contributed by atoms with E-state index in [1.807, 2.05) is 56.6 Å². The van der Waals surface area contributed by atoms with Gasteiger partial charge in [0.2, 0.25) is 0 Å². The quantitative estimate of drug-likeness (QED) is 0.657. The van der Waals surface area contributed by atoms with Crippen LogP contribution in [0.15, 0.2) is 47.4 Å². The summed E-state index contributed by atoms with van der Waals surface area (Å²) >= 11 is 1.66. The van der Waals surface area contributed by atoms with Crippen LogP contribution in [0.4, 0.5) is 11.4 Å². The maximum Gasteiger partial charge on any atom is 0.0329 e. The average Bonchev–Trinajstić information content (AvgIpc) is 2.30. The molecule has 0 fully saturated rings. The molecule has 0 heterocycles. The second-order valence-corrected chi connectivity index (χ2v) is 5.63. The fourth-order valence-corrected chi connectivity index (χ4v) is 2.58. The van der Waals surface area contributed by atoms with E-state index in [0.717, 1.165) is 21.8 Å². The van der Waals surface area contributed by atoms with Gasteiger partial charge in [0.05, 0.1) is 0 Å². The number of benzene rings is 2. The van der Waals surface area contributed by atoms with Gasteiger partial charge in [-0.1, -0.05) is 18.2 Å². The maximum atomic E-state index is 5.85. The van der Waals surface area contributed by atoms with Gasteiger partial charge in [0.15, 0.2) is 0 Å². The second-order valence-electron chi connectivity index (χ2n) is 4.28. The van der Waals surface area contributed by atoms with E-state index in [1.165, 1.54) is 5.56 Å². The van der Waals surface area contributed by atoms with Crippen LogP contribution in [-0.4, -0.2) is 18.4 Å². The molecule has 18 heavy (non-hydrogen) atoms. The van der Waals surface area contributed by atoms with E-state index in [2.05, 4.69) is 4.31 Å². The van der Waals surface area contributed by atoms with E-state index in [1.54, 1.807) is 11.9 Å². The standard InChI is InChI=1S/C14H17N3S/c1-17(2)18-14-9-12(16)7-8-13(14)10-3-5-11(15)6-4-10/h3-9H,15-16H2,1-2H3. The second kappa shape index (κ2) is 5.33. The van der Waals surface area contributed by atoms with Crippen LogP contribution in [0.25, 0.3) is 11.1 Å². The molecule has 4 N–H and O–H groups in total. The van der Waals surface area contributed by atoms with E-state index < -0.39 is 0 Å². The molecule has 0 amide bonds. The van der Waals surface area contributed by atoms with Gasteiger partial charge >= 0.3 is 0 Å². The monoisotopic (exact) mass is 259 g/mol. The predicted molar refractivity (Wildman–Crippen MR) is 80.2 cm³/mol. The third-order valence-corrected chi connectivity index (χ3v) is 3.41. The Balaban J connectivity index is 2.45. The van der Waals surface area contributed by atoms with Gasteiger partial charge < -0.3 is 11.5 Å². The number of rotatable bonds is 3. The molecule has 0 aromatic heterocycles. The van der Waals surface area contributed by atoms with Crippen molar-refractivity contribution in [3.05, 3.63) is 42.5 Å². The van der Waals surface area contributed by atoms with Gasteiger partial charge in [0.1, 0.15) is 0 Å². The number of anilines is 2. The van der Waals surface area contributed by atoms with Gasteiger partial charge in [0, 0.05) is 16.3 Å². The summed E-state index contributed by atoms with van der Waals surface area (Å²) in [4.78, 5) is 1.14. The molecule has 0 atom stereocenters. The van der Waals surface area contributed by atoms with Crippen LogP contribution in [0.2, 0.25) is 0 Å². The molecule has 0 unspecified atom stereocenters. The maximum absolute atomic E-state index is 5.85. The van der Waals surface area contributed by atoms with Crippen LogP contribution >= 0.6 is 11.9 Å². The Labute approximate surface area is 112 Å². The summed E-state index contributed by atoms with van der Waals surface area (Å²) in [6, 6.07) is 13.8. The minimum absolute atomic E-state index is 0.774. The zero-order chi connectivity index (χ0) is 13.1. The highest BCUT2D eigenvalue weighted by atomic mass is 32.2. The summed E-state index contributed by atoms with van der Waals surface area (Å²) in [7, 11) is 4.03. The van der Waals surface area contributed by atoms with E-state index in [4.69, 9.17) is 11.5 Å². The van der Waals surface area contributed by atoms with Crippen molar-refractivity contribution in [1.29, 1.82) is 0 Å². The van der Waals surface area contributed by atoms with Crippen molar-refractivity contribution in [2.75, 3.05) is 25.6 Å². The molecule has 0 spiro atoms. The Kier molecular flexibility index (Phi) is 3.79. The van der Waals surface area contributed by atoms with Crippen LogP contribution < -0.4 is 11.5 Å². The van der Waals surface area contributed by atoms with Gasteiger partial charge in [-0.2, -0.15) is 0 Å². The first kappa shape index (κ1) is 12.8. The van der Waals surface area contributed by atoms with Gasteiger partial charge in [0.25, 0.3) is 0 Å². The van der Waals surface area contributed by atoms with Crippen molar-refractivity contribution in [2.24, 2.45) is 0 Å². The summed E-state index contributed by atoms with van der Waals surface area (Å²) < 4.78 is 2.05. The molecule has 0 aliphatic carbocycles. The Morgan fingerprint density at radius 2 is 1.50 bits per heavy atom. The van der Waals surface area contributed by atoms with Crippen LogP contribution in [0.1, 0.15) is 0 Å². The summed E-state index contributed by atoms with van der Waals surface area (Å²) in [6.45, 7) is 0. The molecule has 0 bridgehead atoms. The largest absolute Gasteiger partial charge is 0.399 e. The first-order valence-electron chi connectivity index (χ1n) is 5.67. The number of nitrogen functional groups attached to an aromatic ring is 2. The zero-order valence-corrected chi connectivity index (χ0v) is 11.4. The van der Waals surface area contributed by atoms with Gasteiger partial charge in [-0.25, -0.2) is 0 Å². The predicted octanol–water partition coefficient (Wildman–Crippen LogP) is 3.09. The topological polar surface area (TPSA) is 55.3 Å². The number of hydrogen-bond acceptors (Lipinski definition) is 4. The molecule has 3 nitrogen and oxygen atoms in total. The van der Waals surface area contributed by atoms with Crippen molar-refractivity contribution in [3.63, 3.8) is 0 Å². The third kappa shape index (κ3) is 2.97. The molecular weight excluding hydrogens is 242 g/mol. The number of nitrogens with two attached hydrogens (primary N) is 2. The molecule has 0 saturated heterocycles. The number of nitrogens with zero attached hydrogens (tertiary/aromatic N) is 1. The van der Waals surface area contributed by atoms with Gasteiger partial charge in [-0.3, -0.25) is 4.31 Å². The van der Waals surface area contributed by atoms with E-state index in [-0.39, 0.29) is 0 Å². The molecule has 2 aromatic carbocycles. The first-order valence-corrected chi connectivity index (χ1v) is 6.44. The lowest BCUT2D eigenvalue weighted by Crippen LogP contribution is -2.00. The van der Waals surface area contributed by atoms with Crippen molar-refractivity contribution in [3.8, 4) is 11.1 Å². The Morgan fingerprint density at radius 3 is 2.11 bits per heavy atom. The third-order valence-electron chi connectivity index (χ3n) is 2.51. The molecule has 2 aromatic rings. The van der Waals surface area contributed by atoms with Crippen LogP contribution in [-0.2, 0) is 0 Å². The van der Waals surface area contributed by atoms with Gasteiger partial charge in [-0.15, -0.1) is 0 Å². The molecule has 0 saturated carbocycles. The smallest absolute Gasteiger partial charge is 0.0329 e. The Hall–Kier alpha value is -1.65. The summed E-state index contributed by atoms with van der Waals surface area (Å²) in [5.41, 5.74) is 15.4. The van der Waals surface area contributed by atoms with E-state index in [9.17, 15) is 0 Å². The van der Waals surface area contributed by atoms with Crippen LogP contribution in [0.5, 0.6) is 0 Å². The fourth-order valence-electron chi connectivity index (χ4n) is 1.71. The normalized spacial score (nSPS) is 10.8. The minimum atomic E-state index is 0.774.